The number of pyridine rings is 1. The number of hydrogen-bond donors (Lipinski definition) is 1. The second-order valence-corrected chi connectivity index (χ2v) is 6.22. The van der Waals surface area contributed by atoms with Crippen molar-refractivity contribution in [3.63, 3.8) is 0 Å². The summed E-state index contributed by atoms with van der Waals surface area (Å²) < 4.78 is 1.08. The van der Waals surface area contributed by atoms with Gasteiger partial charge in [0.15, 0.2) is 0 Å². The van der Waals surface area contributed by atoms with Crippen LogP contribution in [0.5, 0.6) is 5.75 Å². The lowest BCUT2D eigenvalue weighted by atomic mass is 10.1. The van der Waals surface area contributed by atoms with E-state index in [0.29, 0.717) is 5.75 Å². The van der Waals surface area contributed by atoms with Gasteiger partial charge in [-0.05, 0) is 37.3 Å². The van der Waals surface area contributed by atoms with Crippen molar-refractivity contribution >= 4 is 32.3 Å². The lowest BCUT2D eigenvalue weighted by Gasteiger charge is -2.02. The average Bonchev–Trinajstić information content (AvgIpc) is 2.84. The van der Waals surface area contributed by atoms with Crippen LogP contribution in [0.3, 0.4) is 0 Å². The van der Waals surface area contributed by atoms with Gasteiger partial charge in [0.2, 0.25) is 0 Å². The molecule has 0 saturated carbocycles. The number of benzene rings is 2. The van der Waals surface area contributed by atoms with Gasteiger partial charge < -0.3 is 5.11 Å². The molecular formula is C18H13NOS. The fourth-order valence-electron chi connectivity index (χ4n) is 2.58. The molecule has 0 unspecified atom stereocenters. The smallest absolute Gasteiger partial charge is 0.143 e. The Morgan fingerprint density at radius 3 is 2.71 bits per heavy atom. The molecule has 2 aromatic heterocycles. The van der Waals surface area contributed by atoms with Crippen molar-refractivity contribution in [2.75, 3.05) is 0 Å². The van der Waals surface area contributed by atoms with Gasteiger partial charge >= 0.3 is 0 Å². The molecule has 0 spiro atoms. The van der Waals surface area contributed by atoms with Gasteiger partial charge in [-0.15, -0.1) is 11.3 Å². The van der Waals surface area contributed by atoms with Crippen molar-refractivity contribution in [3.05, 3.63) is 60.2 Å². The summed E-state index contributed by atoms with van der Waals surface area (Å²) in [5.74, 6) is 0.328. The van der Waals surface area contributed by atoms with Crippen molar-refractivity contribution < 1.29 is 5.11 Å². The van der Waals surface area contributed by atoms with E-state index in [0.717, 1.165) is 31.6 Å². The molecule has 0 bridgehead atoms. The van der Waals surface area contributed by atoms with E-state index in [4.69, 9.17) is 4.98 Å². The summed E-state index contributed by atoms with van der Waals surface area (Å²) in [6, 6.07) is 18.1. The van der Waals surface area contributed by atoms with Gasteiger partial charge in [0, 0.05) is 15.5 Å². The minimum absolute atomic E-state index is 0.328. The van der Waals surface area contributed by atoms with E-state index in [1.807, 2.05) is 36.4 Å². The molecule has 0 aliphatic rings. The zero-order valence-electron chi connectivity index (χ0n) is 11.5. The van der Waals surface area contributed by atoms with Gasteiger partial charge in [-0.25, -0.2) is 4.98 Å². The van der Waals surface area contributed by atoms with Gasteiger partial charge in [-0.3, -0.25) is 0 Å². The molecule has 2 aromatic carbocycles. The maximum absolute atomic E-state index is 10.4. The van der Waals surface area contributed by atoms with Crippen molar-refractivity contribution in [1.82, 2.24) is 4.98 Å². The van der Waals surface area contributed by atoms with Gasteiger partial charge in [0.25, 0.3) is 0 Å². The highest BCUT2D eigenvalue weighted by Crippen LogP contribution is 2.42. The summed E-state index contributed by atoms with van der Waals surface area (Å²) in [6.07, 6.45) is 0. The Balaban J connectivity index is 1.95. The Hall–Kier alpha value is -2.39. The lowest BCUT2D eigenvalue weighted by Crippen LogP contribution is -1.84. The molecule has 2 heterocycles. The van der Waals surface area contributed by atoms with Crippen LogP contribution in [0, 0.1) is 6.92 Å². The number of hydrogen-bond acceptors (Lipinski definition) is 3. The molecule has 0 aliphatic carbocycles. The first kappa shape index (κ1) is 12.4. The van der Waals surface area contributed by atoms with Crippen LogP contribution in [0.1, 0.15) is 5.56 Å². The van der Waals surface area contributed by atoms with Crippen molar-refractivity contribution in [1.29, 1.82) is 0 Å². The van der Waals surface area contributed by atoms with Crippen LogP contribution in [0.25, 0.3) is 31.6 Å². The van der Waals surface area contributed by atoms with Crippen LogP contribution in [-0.2, 0) is 0 Å². The van der Waals surface area contributed by atoms with E-state index in [2.05, 4.69) is 25.1 Å². The summed E-state index contributed by atoms with van der Waals surface area (Å²) in [6.45, 7) is 2.07. The molecule has 21 heavy (non-hydrogen) atoms. The second kappa shape index (κ2) is 4.57. The Morgan fingerprint density at radius 2 is 1.86 bits per heavy atom. The molecule has 0 amide bonds. The Labute approximate surface area is 126 Å². The predicted octanol–water partition coefficient (Wildman–Crippen LogP) is 5.13. The maximum atomic E-state index is 10.4. The monoisotopic (exact) mass is 291 g/mol. The number of aromatic nitrogens is 1. The van der Waals surface area contributed by atoms with Crippen LogP contribution in [0.4, 0.5) is 0 Å². The highest BCUT2D eigenvalue weighted by molar-refractivity contribution is 7.22. The summed E-state index contributed by atoms with van der Waals surface area (Å²) >= 11 is 1.58. The minimum atomic E-state index is 0.328. The molecule has 0 atom stereocenters. The first-order valence-electron chi connectivity index (χ1n) is 6.81. The van der Waals surface area contributed by atoms with Crippen molar-refractivity contribution in [2.24, 2.45) is 0 Å². The average molecular weight is 291 g/mol. The van der Waals surface area contributed by atoms with Crippen molar-refractivity contribution in [3.8, 4) is 16.3 Å². The molecule has 0 saturated heterocycles. The van der Waals surface area contributed by atoms with E-state index in [-0.39, 0.29) is 0 Å². The third-order valence-electron chi connectivity index (χ3n) is 3.65. The first-order valence-corrected chi connectivity index (χ1v) is 7.62. The predicted molar refractivity (Wildman–Crippen MR) is 89.0 cm³/mol. The van der Waals surface area contributed by atoms with E-state index < -0.39 is 0 Å². The van der Waals surface area contributed by atoms with Crippen LogP contribution in [-0.4, -0.2) is 10.1 Å². The number of nitrogens with zero attached hydrogens (tertiary/aromatic N) is 1. The van der Waals surface area contributed by atoms with Crippen LogP contribution < -0.4 is 0 Å². The van der Waals surface area contributed by atoms with Crippen molar-refractivity contribution in [2.45, 2.75) is 6.92 Å². The van der Waals surface area contributed by atoms with Gasteiger partial charge in [-0.2, -0.15) is 0 Å². The summed E-state index contributed by atoms with van der Waals surface area (Å²) in [4.78, 5) is 5.53. The number of rotatable bonds is 1. The molecule has 4 rings (SSSR count). The zero-order chi connectivity index (χ0) is 14.4. The number of aryl methyl sites for hydroxylation is 1. The lowest BCUT2D eigenvalue weighted by molar-refractivity contribution is 0.485. The van der Waals surface area contributed by atoms with Gasteiger partial charge in [0.1, 0.15) is 5.75 Å². The fourth-order valence-corrected chi connectivity index (χ4v) is 3.64. The molecular weight excluding hydrogens is 278 g/mol. The molecule has 0 radical (unpaired) electrons. The Kier molecular flexibility index (Phi) is 2.69. The highest BCUT2D eigenvalue weighted by atomic mass is 32.1. The maximum Gasteiger partial charge on any atom is 0.143 e. The van der Waals surface area contributed by atoms with Crippen LogP contribution in [0.2, 0.25) is 0 Å². The molecule has 1 N–H and O–H groups in total. The van der Waals surface area contributed by atoms with E-state index in [1.54, 1.807) is 11.3 Å². The van der Waals surface area contributed by atoms with Crippen LogP contribution >= 0.6 is 11.3 Å². The largest absolute Gasteiger partial charge is 0.506 e. The van der Waals surface area contributed by atoms with Gasteiger partial charge in [0.05, 0.1) is 16.1 Å². The third-order valence-corrected chi connectivity index (χ3v) is 4.83. The fraction of sp³-hybridized carbons (Fsp3) is 0.0556. The SMILES string of the molecule is Cc1ccc2nc(-c3sc4ccccc4c3O)ccc2c1. The Bertz CT molecular complexity index is 971. The molecule has 0 aliphatic heterocycles. The third kappa shape index (κ3) is 1.98. The number of fused-ring (bicyclic) bond motifs is 2. The number of aromatic hydroxyl groups is 1. The summed E-state index contributed by atoms with van der Waals surface area (Å²) in [5, 5.41) is 12.4. The first-order chi connectivity index (χ1) is 10.2. The normalized spacial score (nSPS) is 11.3. The second-order valence-electron chi connectivity index (χ2n) is 5.17. The topological polar surface area (TPSA) is 33.1 Å². The van der Waals surface area contributed by atoms with Crippen LogP contribution in [0.15, 0.2) is 54.6 Å². The number of thiophene rings is 1. The molecule has 0 fully saturated rings. The van der Waals surface area contributed by atoms with E-state index >= 15 is 0 Å². The molecule has 3 heteroatoms. The zero-order valence-corrected chi connectivity index (χ0v) is 12.3. The molecule has 2 nitrogen and oxygen atoms in total. The molecule has 4 aromatic rings. The quantitative estimate of drug-likeness (QED) is 0.527. The Morgan fingerprint density at radius 1 is 1.00 bits per heavy atom. The molecule has 102 valence electrons. The minimum Gasteiger partial charge on any atom is -0.506 e. The summed E-state index contributed by atoms with van der Waals surface area (Å²) in [5.41, 5.74) is 3.00. The highest BCUT2D eigenvalue weighted by Gasteiger charge is 2.13. The van der Waals surface area contributed by atoms with E-state index in [1.165, 1.54) is 5.56 Å². The standard InChI is InChI=1S/C18H13NOS/c1-11-6-8-14-12(10-11)7-9-15(19-14)18-17(20)13-4-2-3-5-16(13)21-18/h2-10,20H,1H3. The summed E-state index contributed by atoms with van der Waals surface area (Å²) in [7, 11) is 0. The van der Waals surface area contributed by atoms with E-state index in [9.17, 15) is 5.11 Å². The van der Waals surface area contributed by atoms with Gasteiger partial charge in [-0.1, -0.05) is 29.8 Å².